The predicted molar refractivity (Wildman–Crippen MR) is 242 cm³/mol. The summed E-state index contributed by atoms with van der Waals surface area (Å²) in [5, 5.41) is 16.7. The van der Waals surface area contributed by atoms with Crippen LogP contribution in [0.1, 0.15) is 0 Å². The van der Waals surface area contributed by atoms with E-state index in [1.807, 2.05) is 45.3 Å². The molecule has 12 rings (SSSR count). The Morgan fingerprint density at radius 1 is 0.226 bits per heavy atom. The van der Waals surface area contributed by atoms with Gasteiger partial charge in [-0.15, -0.1) is 45.3 Å². The summed E-state index contributed by atoms with van der Waals surface area (Å²) in [4.78, 5) is 0. The van der Waals surface area contributed by atoms with Gasteiger partial charge in [-0.1, -0.05) is 146 Å². The normalized spacial score (nSPS) is 12.5. The lowest BCUT2D eigenvalue weighted by Gasteiger charge is -2.36. The average molecular weight is 761 g/mol. The first-order valence-electron chi connectivity index (χ1n) is 17.9. The van der Waals surface area contributed by atoms with Gasteiger partial charge in [0.25, 0.3) is 0 Å². The molecule has 0 atom stereocenters. The Bertz CT molecular complexity index is 2970. The number of benzene rings is 8. The van der Waals surface area contributed by atoms with Crippen LogP contribution in [-0.4, -0.2) is 8.07 Å². The summed E-state index contributed by atoms with van der Waals surface area (Å²) in [5.74, 6) is 0. The Morgan fingerprint density at radius 3 is 0.717 bits per heavy atom. The van der Waals surface area contributed by atoms with Crippen molar-refractivity contribution in [1.29, 1.82) is 0 Å². The Kier molecular flexibility index (Phi) is 6.54. The van der Waals surface area contributed by atoms with Gasteiger partial charge in [-0.3, -0.25) is 0 Å². The summed E-state index contributed by atoms with van der Waals surface area (Å²) in [5.41, 5.74) is 0. The van der Waals surface area contributed by atoms with Crippen molar-refractivity contribution >= 4 is 155 Å². The third-order valence-corrected chi connectivity index (χ3v) is 21.7. The van der Waals surface area contributed by atoms with Crippen LogP contribution in [0.15, 0.2) is 170 Å². The lowest BCUT2D eigenvalue weighted by Crippen LogP contribution is -2.75. The zero-order valence-corrected chi connectivity index (χ0v) is 32.6. The number of fused-ring (bicyclic) bond motifs is 12. The fraction of sp³-hybridized carbons (Fsp3) is 0. The van der Waals surface area contributed by atoms with E-state index < -0.39 is 8.07 Å². The van der Waals surface area contributed by atoms with Crippen LogP contribution in [0.2, 0.25) is 0 Å². The molecule has 0 N–H and O–H groups in total. The van der Waals surface area contributed by atoms with Gasteiger partial charge in [0.2, 0.25) is 0 Å². The zero-order valence-electron chi connectivity index (χ0n) is 28.3. The highest BCUT2D eigenvalue weighted by molar-refractivity contribution is 7.38. The SMILES string of the molecule is c1ccc2c(c1)sc1c([Si](c3cccc4c3sc3ccccc34)(c3cccc4c3sc3ccccc34)c3cccc4c3sc3ccccc34)cccc12. The fourth-order valence-electron chi connectivity index (χ4n) is 9.04. The molecule has 0 spiro atoms. The van der Waals surface area contributed by atoms with Crippen molar-refractivity contribution < 1.29 is 0 Å². The van der Waals surface area contributed by atoms with Crippen molar-refractivity contribution in [2.75, 3.05) is 0 Å². The molecule has 0 amide bonds. The average Bonchev–Trinajstić information content (AvgIpc) is 3.99. The molecule has 0 aliphatic heterocycles. The highest BCUT2D eigenvalue weighted by atomic mass is 32.1. The van der Waals surface area contributed by atoms with Crippen LogP contribution < -0.4 is 20.7 Å². The molecule has 12 aromatic rings. The molecule has 0 saturated carbocycles. The summed E-state index contributed by atoms with van der Waals surface area (Å²) in [6.45, 7) is 0. The van der Waals surface area contributed by atoms with E-state index in [1.165, 1.54) is 101 Å². The van der Waals surface area contributed by atoms with Crippen molar-refractivity contribution in [2.24, 2.45) is 0 Å². The van der Waals surface area contributed by atoms with Gasteiger partial charge in [0, 0.05) is 80.7 Å². The summed E-state index contributed by atoms with van der Waals surface area (Å²) >= 11 is 7.90. The number of hydrogen-bond acceptors (Lipinski definition) is 4. The van der Waals surface area contributed by atoms with E-state index in [0.29, 0.717) is 0 Å². The highest BCUT2D eigenvalue weighted by Gasteiger charge is 2.47. The van der Waals surface area contributed by atoms with Crippen molar-refractivity contribution in [3.8, 4) is 0 Å². The van der Waals surface area contributed by atoms with Gasteiger partial charge in [-0.05, 0) is 45.0 Å². The van der Waals surface area contributed by atoms with Gasteiger partial charge < -0.3 is 0 Å². The molecule has 5 heteroatoms. The molecule has 8 aromatic carbocycles. The van der Waals surface area contributed by atoms with Crippen molar-refractivity contribution in [1.82, 2.24) is 0 Å². The lowest BCUT2D eigenvalue weighted by atomic mass is 10.1. The van der Waals surface area contributed by atoms with E-state index in [2.05, 4.69) is 170 Å². The maximum atomic E-state index is 2.51. The van der Waals surface area contributed by atoms with Gasteiger partial charge in [-0.25, -0.2) is 0 Å². The van der Waals surface area contributed by atoms with Crippen LogP contribution >= 0.6 is 45.3 Å². The summed E-state index contributed by atoms with van der Waals surface area (Å²) in [6, 6.07) is 64.9. The minimum Gasteiger partial charge on any atom is -0.135 e. The molecule has 0 radical (unpaired) electrons. The third kappa shape index (κ3) is 4.14. The molecule has 53 heavy (non-hydrogen) atoms. The Balaban J connectivity index is 1.38. The van der Waals surface area contributed by atoms with Gasteiger partial charge in [0.1, 0.15) is 0 Å². The fourth-order valence-corrected chi connectivity index (χ4v) is 21.0. The molecule has 0 fully saturated rings. The van der Waals surface area contributed by atoms with E-state index >= 15 is 0 Å². The van der Waals surface area contributed by atoms with Gasteiger partial charge in [0.15, 0.2) is 8.07 Å². The van der Waals surface area contributed by atoms with Crippen LogP contribution in [0.25, 0.3) is 80.7 Å². The van der Waals surface area contributed by atoms with Gasteiger partial charge >= 0.3 is 0 Å². The Hall–Kier alpha value is -5.14. The molecule has 4 heterocycles. The first-order valence-corrected chi connectivity index (χ1v) is 23.2. The van der Waals surface area contributed by atoms with E-state index in [-0.39, 0.29) is 0 Å². The zero-order chi connectivity index (χ0) is 34.7. The molecule has 0 bridgehead atoms. The Labute approximate surface area is 322 Å². The van der Waals surface area contributed by atoms with E-state index in [4.69, 9.17) is 0 Å². The maximum absolute atomic E-state index is 3.17. The second-order valence-corrected chi connectivity index (χ2v) is 21.7. The van der Waals surface area contributed by atoms with Crippen LogP contribution in [0.4, 0.5) is 0 Å². The number of hydrogen-bond donors (Lipinski definition) is 0. The smallest absolute Gasteiger partial charge is 0.135 e. The molecule has 0 aliphatic rings. The minimum atomic E-state index is -3.17. The molecule has 0 unspecified atom stereocenters. The van der Waals surface area contributed by atoms with E-state index in [1.54, 1.807) is 0 Å². The summed E-state index contributed by atoms with van der Waals surface area (Å²) in [6.07, 6.45) is 0. The van der Waals surface area contributed by atoms with Crippen LogP contribution in [0.5, 0.6) is 0 Å². The van der Waals surface area contributed by atoms with Crippen molar-refractivity contribution in [3.05, 3.63) is 170 Å². The predicted octanol–water partition coefficient (Wildman–Crippen LogP) is 12.5. The second kappa shape index (κ2) is 11.4. The first-order chi connectivity index (χ1) is 26.3. The molecule has 4 aromatic heterocycles. The maximum Gasteiger partial charge on any atom is 0.185 e. The van der Waals surface area contributed by atoms with Crippen molar-refractivity contribution in [3.63, 3.8) is 0 Å². The first kappa shape index (κ1) is 30.3. The summed E-state index contributed by atoms with van der Waals surface area (Å²) < 4.78 is 11.0. The number of rotatable bonds is 4. The standard InChI is InChI=1S/C48H28S4Si/c1-5-21-37-29(13-1)33-17-9-25-41(45(33)49-37)53(42-26-10-18-34-30-14-2-6-22-38(30)50-46(34)42,43-27-11-19-35-31-15-3-7-23-39(31)51-47(35)43)44-28-12-20-36-32-16-4-8-24-40(32)52-48(36)44/h1-28H. The second-order valence-electron chi connectivity index (χ2n) is 13.9. The lowest BCUT2D eigenvalue weighted by molar-refractivity contribution is 1.80. The third-order valence-electron chi connectivity index (χ3n) is 11.2. The van der Waals surface area contributed by atoms with Crippen molar-refractivity contribution in [2.45, 2.75) is 0 Å². The highest BCUT2D eigenvalue weighted by Crippen LogP contribution is 2.41. The Morgan fingerprint density at radius 2 is 0.453 bits per heavy atom. The monoisotopic (exact) mass is 760 g/mol. The minimum absolute atomic E-state index is 1.34. The van der Waals surface area contributed by atoms with Crippen LogP contribution in [0.3, 0.4) is 0 Å². The molecule has 0 aliphatic carbocycles. The van der Waals surface area contributed by atoms with Crippen LogP contribution in [0, 0.1) is 0 Å². The van der Waals surface area contributed by atoms with E-state index in [9.17, 15) is 0 Å². The van der Waals surface area contributed by atoms with E-state index in [0.717, 1.165) is 0 Å². The quantitative estimate of drug-likeness (QED) is 0.124. The molecule has 0 nitrogen and oxygen atoms in total. The van der Waals surface area contributed by atoms with Gasteiger partial charge in [-0.2, -0.15) is 0 Å². The number of thiophene rings is 4. The largest absolute Gasteiger partial charge is 0.185 e. The molecular weight excluding hydrogens is 733 g/mol. The van der Waals surface area contributed by atoms with Crippen LogP contribution in [-0.2, 0) is 0 Å². The molecular formula is C48H28S4Si. The molecule has 248 valence electrons. The molecule has 0 saturated heterocycles. The van der Waals surface area contributed by atoms with Gasteiger partial charge in [0.05, 0.1) is 0 Å². The topological polar surface area (TPSA) is 0 Å². The summed E-state index contributed by atoms with van der Waals surface area (Å²) in [7, 11) is -3.17.